The average Bonchev–Trinajstić information content (AvgIpc) is 2.37. The van der Waals surface area contributed by atoms with Crippen LogP contribution in [0.25, 0.3) is 0 Å². The molecule has 1 aromatic carbocycles. The second kappa shape index (κ2) is 6.69. The predicted molar refractivity (Wildman–Crippen MR) is 82.0 cm³/mol. The van der Waals surface area contributed by atoms with Gasteiger partial charge in [0.05, 0.1) is 8.07 Å². The van der Waals surface area contributed by atoms with E-state index >= 15 is 0 Å². The molecule has 2 atom stereocenters. The molecule has 2 heteroatoms. The zero-order chi connectivity index (χ0) is 13.6. The van der Waals surface area contributed by atoms with Gasteiger partial charge in [0, 0.05) is 5.92 Å². The summed E-state index contributed by atoms with van der Waals surface area (Å²) in [6, 6.07) is 12.9. The zero-order valence-corrected chi connectivity index (χ0v) is 12.8. The van der Waals surface area contributed by atoms with Crippen molar-refractivity contribution in [1.82, 2.24) is 0 Å². The Labute approximate surface area is 112 Å². The smallest absolute Gasteiger partial charge is 0.132 e. The minimum atomic E-state index is -1.56. The summed E-state index contributed by atoms with van der Waals surface area (Å²) in [4.78, 5) is 11.5. The van der Waals surface area contributed by atoms with Crippen LogP contribution in [0, 0.1) is 5.92 Å². The first-order valence-electron chi connectivity index (χ1n) is 6.66. The van der Waals surface area contributed by atoms with Crippen molar-refractivity contribution in [3.8, 4) is 0 Å². The molecule has 0 N–H and O–H groups in total. The van der Waals surface area contributed by atoms with Crippen molar-refractivity contribution in [3.63, 3.8) is 0 Å². The largest absolute Gasteiger partial charge is 0.300 e. The first-order chi connectivity index (χ1) is 8.49. The minimum absolute atomic E-state index is 0.173. The van der Waals surface area contributed by atoms with Crippen LogP contribution >= 0.6 is 0 Å². The summed E-state index contributed by atoms with van der Waals surface area (Å²) < 4.78 is 0. The second-order valence-corrected chi connectivity index (χ2v) is 10.1. The van der Waals surface area contributed by atoms with E-state index in [1.165, 1.54) is 11.2 Å². The highest BCUT2D eigenvalue weighted by molar-refractivity contribution is 6.91. The van der Waals surface area contributed by atoms with E-state index in [9.17, 15) is 4.79 Å². The Morgan fingerprint density at radius 3 is 2.50 bits per heavy atom. The number of hydrogen-bond donors (Lipinski definition) is 0. The number of ketones is 1. The highest BCUT2D eigenvalue weighted by Gasteiger charge is 2.31. The quantitative estimate of drug-likeness (QED) is 0.539. The van der Waals surface area contributed by atoms with E-state index in [1.54, 1.807) is 6.92 Å². The van der Waals surface area contributed by atoms with Crippen LogP contribution < -0.4 is 5.19 Å². The van der Waals surface area contributed by atoms with Gasteiger partial charge in [0.2, 0.25) is 0 Å². The molecule has 0 amide bonds. The second-order valence-electron chi connectivity index (χ2n) is 5.47. The van der Waals surface area contributed by atoms with Gasteiger partial charge in [0.25, 0.3) is 0 Å². The van der Waals surface area contributed by atoms with Crippen molar-refractivity contribution in [2.24, 2.45) is 5.92 Å². The lowest BCUT2D eigenvalue weighted by Gasteiger charge is -2.30. The molecular weight excluding hydrogens is 236 g/mol. The lowest BCUT2D eigenvalue weighted by Crippen LogP contribution is -2.46. The Morgan fingerprint density at radius 2 is 2.00 bits per heavy atom. The molecule has 0 spiro atoms. The number of hydrogen-bond acceptors (Lipinski definition) is 1. The van der Waals surface area contributed by atoms with Gasteiger partial charge in [-0.1, -0.05) is 55.1 Å². The molecule has 0 aliphatic carbocycles. The summed E-state index contributed by atoms with van der Waals surface area (Å²) in [6.07, 6.45) is 3.04. The molecule has 0 fully saturated rings. The Balaban J connectivity index is 2.95. The third-order valence-corrected chi connectivity index (χ3v) is 8.45. The molecule has 0 bridgehead atoms. The van der Waals surface area contributed by atoms with Crippen LogP contribution in [0.1, 0.15) is 20.3 Å². The van der Waals surface area contributed by atoms with Gasteiger partial charge >= 0.3 is 0 Å². The summed E-state index contributed by atoms with van der Waals surface area (Å²) in [6.45, 7) is 9.99. The van der Waals surface area contributed by atoms with E-state index < -0.39 is 8.07 Å². The number of benzene rings is 1. The number of Topliss-reactive ketones (excluding diaryl/α,β-unsaturated/α-hetero) is 1. The molecule has 98 valence electrons. The van der Waals surface area contributed by atoms with Gasteiger partial charge in [-0.05, 0) is 25.4 Å². The van der Waals surface area contributed by atoms with Gasteiger partial charge in [0.1, 0.15) is 5.78 Å². The number of allylic oxidation sites excluding steroid dienone is 1. The Morgan fingerprint density at radius 1 is 1.39 bits per heavy atom. The molecule has 0 radical (unpaired) electrons. The normalized spacial score (nSPS) is 15.7. The predicted octanol–water partition coefficient (Wildman–Crippen LogP) is 3.77. The summed E-state index contributed by atoms with van der Waals surface area (Å²) in [5, 5.41) is 1.46. The maximum Gasteiger partial charge on any atom is 0.132 e. The minimum Gasteiger partial charge on any atom is -0.300 e. The Kier molecular flexibility index (Phi) is 5.54. The SMILES string of the molecule is C=CCC[Si](C)(CC(C)C(C)=O)c1ccccc1. The molecule has 1 rings (SSSR count). The molecule has 0 aromatic heterocycles. The Hall–Kier alpha value is -1.15. The van der Waals surface area contributed by atoms with Gasteiger partial charge < -0.3 is 0 Å². The highest BCUT2D eigenvalue weighted by atomic mass is 28.3. The third-order valence-electron chi connectivity index (χ3n) is 3.82. The highest BCUT2D eigenvalue weighted by Crippen LogP contribution is 2.23. The topological polar surface area (TPSA) is 17.1 Å². The van der Waals surface area contributed by atoms with Gasteiger partial charge in [-0.15, -0.1) is 6.58 Å². The van der Waals surface area contributed by atoms with E-state index in [4.69, 9.17) is 0 Å². The molecule has 18 heavy (non-hydrogen) atoms. The van der Waals surface area contributed by atoms with Crippen LogP contribution in [0.4, 0.5) is 0 Å². The van der Waals surface area contributed by atoms with E-state index in [-0.39, 0.29) is 5.92 Å². The number of carbonyl (C=O) groups excluding carboxylic acids is 1. The van der Waals surface area contributed by atoms with Crippen LogP contribution in [0.5, 0.6) is 0 Å². The Bertz CT molecular complexity index is 399. The van der Waals surface area contributed by atoms with Crippen molar-refractivity contribution >= 4 is 19.0 Å². The van der Waals surface area contributed by atoms with Gasteiger partial charge in [-0.3, -0.25) is 4.79 Å². The van der Waals surface area contributed by atoms with Crippen LogP contribution in [-0.4, -0.2) is 13.9 Å². The van der Waals surface area contributed by atoms with E-state index in [0.717, 1.165) is 12.5 Å². The fraction of sp³-hybridized carbons (Fsp3) is 0.438. The third kappa shape index (κ3) is 3.95. The van der Waals surface area contributed by atoms with Gasteiger partial charge in [-0.2, -0.15) is 0 Å². The first-order valence-corrected chi connectivity index (χ1v) is 9.58. The van der Waals surface area contributed by atoms with E-state index in [0.29, 0.717) is 5.78 Å². The zero-order valence-electron chi connectivity index (χ0n) is 11.8. The van der Waals surface area contributed by atoms with E-state index in [1.807, 2.05) is 6.08 Å². The summed E-state index contributed by atoms with van der Waals surface area (Å²) in [5.41, 5.74) is 0. The molecule has 1 nitrogen and oxygen atoms in total. The first kappa shape index (κ1) is 14.9. The van der Waals surface area contributed by atoms with Crippen molar-refractivity contribution in [2.75, 3.05) is 0 Å². The van der Waals surface area contributed by atoms with Crippen molar-refractivity contribution < 1.29 is 4.79 Å². The molecule has 0 aliphatic heterocycles. The van der Waals surface area contributed by atoms with Crippen molar-refractivity contribution in [1.29, 1.82) is 0 Å². The molecule has 0 aliphatic rings. The number of rotatable bonds is 7. The van der Waals surface area contributed by atoms with Crippen LogP contribution in [-0.2, 0) is 4.79 Å². The maximum atomic E-state index is 11.5. The summed E-state index contributed by atoms with van der Waals surface area (Å²) in [7, 11) is -1.56. The maximum absolute atomic E-state index is 11.5. The van der Waals surface area contributed by atoms with Gasteiger partial charge in [-0.25, -0.2) is 0 Å². The number of carbonyl (C=O) groups is 1. The van der Waals surface area contributed by atoms with Crippen molar-refractivity contribution in [2.45, 2.75) is 38.9 Å². The van der Waals surface area contributed by atoms with E-state index in [2.05, 4.69) is 50.4 Å². The molecule has 1 aromatic rings. The monoisotopic (exact) mass is 260 g/mol. The fourth-order valence-electron chi connectivity index (χ4n) is 2.44. The molecule has 0 heterocycles. The molecule has 0 saturated carbocycles. The van der Waals surface area contributed by atoms with Crippen LogP contribution in [0.15, 0.2) is 43.0 Å². The molecular formula is C16H24OSi. The fourth-order valence-corrected chi connectivity index (χ4v) is 6.65. The van der Waals surface area contributed by atoms with Crippen molar-refractivity contribution in [3.05, 3.63) is 43.0 Å². The molecule has 0 saturated heterocycles. The molecule has 2 unspecified atom stereocenters. The average molecular weight is 260 g/mol. The van der Waals surface area contributed by atoms with Gasteiger partial charge in [0.15, 0.2) is 0 Å². The lowest BCUT2D eigenvalue weighted by atomic mass is 10.1. The lowest BCUT2D eigenvalue weighted by molar-refractivity contribution is -0.119. The summed E-state index contributed by atoms with van der Waals surface area (Å²) >= 11 is 0. The summed E-state index contributed by atoms with van der Waals surface area (Å²) in [5.74, 6) is 0.481. The standard InChI is InChI=1S/C16H24OSi/c1-5-6-12-18(4,13-14(2)15(3)17)16-10-8-7-9-11-16/h5,7-11,14H,1,6,12-13H2,2-4H3. The van der Waals surface area contributed by atoms with Crippen LogP contribution in [0.3, 0.4) is 0 Å². The van der Waals surface area contributed by atoms with Crippen LogP contribution in [0.2, 0.25) is 18.6 Å².